The maximum atomic E-state index is 13.2. The minimum Gasteiger partial charge on any atom is -0.495 e. The third kappa shape index (κ3) is 5.56. The standard InChI is InChI=1S/C21H26N2O4/c1-4-12-23(14-19(24)25)20(16-8-6-5-7-9-16)21(26)22-17-13-15(2)10-11-18(17)27-3/h5-11,13,20H,4,12,14H2,1-3H3,(H,22,26)(H,24,25). The molecule has 0 saturated carbocycles. The number of anilines is 1. The summed E-state index contributed by atoms with van der Waals surface area (Å²) in [6.07, 6.45) is 0.734. The number of rotatable bonds is 9. The van der Waals surface area contributed by atoms with E-state index in [2.05, 4.69) is 5.32 Å². The number of nitrogens with zero attached hydrogens (tertiary/aromatic N) is 1. The smallest absolute Gasteiger partial charge is 0.317 e. The highest BCUT2D eigenvalue weighted by Crippen LogP contribution is 2.28. The summed E-state index contributed by atoms with van der Waals surface area (Å²) in [5.41, 5.74) is 2.30. The van der Waals surface area contributed by atoms with Crippen molar-refractivity contribution in [2.75, 3.05) is 25.5 Å². The average Bonchev–Trinajstić information content (AvgIpc) is 2.62. The van der Waals surface area contributed by atoms with Crippen LogP contribution < -0.4 is 10.1 Å². The molecule has 2 N–H and O–H groups in total. The van der Waals surface area contributed by atoms with Crippen molar-refractivity contribution in [1.29, 1.82) is 0 Å². The van der Waals surface area contributed by atoms with E-state index in [1.54, 1.807) is 18.1 Å². The van der Waals surface area contributed by atoms with Crippen LogP contribution in [-0.2, 0) is 9.59 Å². The number of carbonyl (C=O) groups is 2. The van der Waals surface area contributed by atoms with Gasteiger partial charge in [-0.1, -0.05) is 43.3 Å². The lowest BCUT2D eigenvalue weighted by Gasteiger charge is -2.29. The molecule has 0 saturated heterocycles. The molecule has 0 radical (unpaired) electrons. The monoisotopic (exact) mass is 370 g/mol. The molecule has 0 aliphatic heterocycles. The maximum Gasteiger partial charge on any atom is 0.317 e. The Labute approximate surface area is 159 Å². The number of carboxylic acid groups (broad SMARTS) is 1. The van der Waals surface area contributed by atoms with E-state index in [4.69, 9.17) is 4.74 Å². The molecule has 27 heavy (non-hydrogen) atoms. The highest BCUT2D eigenvalue weighted by atomic mass is 16.5. The van der Waals surface area contributed by atoms with Crippen molar-refractivity contribution in [3.63, 3.8) is 0 Å². The van der Waals surface area contributed by atoms with Crippen LogP contribution in [0.4, 0.5) is 5.69 Å². The summed E-state index contributed by atoms with van der Waals surface area (Å²) in [6.45, 7) is 4.16. The number of benzene rings is 2. The Morgan fingerprint density at radius 2 is 1.89 bits per heavy atom. The molecule has 144 valence electrons. The maximum absolute atomic E-state index is 13.2. The van der Waals surface area contributed by atoms with E-state index in [0.29, 0.717) is 18.0 Å². The molecule has 0 aromatic heterocycles. The Kier molecular flexibility index (Phi) is 7.37. The normalized spacial score (nSPS) is 11.9. The number of aliphatic carboxylic acids is 1. The summed E-state index contributed by atoms with van der Waals surface area (Å²) in [6, 6.07) is 14.0. The molecule has 0 fully saturated rings. The van der Waals surface area contributed by atoms with Crippen molar-refractivity contribution in [2.45, 2.75) is 26.3 Å². The largest absolute Gasteiger partial charge is 0.495 e. The molecule has 1 atom stereocenters. The molecular weight excluding hydrogens is 344 g/mol. The predicted octanol–water partition coefficient (Wildman–Crippen LogP) is 3.48. The fourth-order valence-electron chi connectivity index (χ4n) is 3.04. The first-order valence-electron chi connectivity index (χ1n) is 8.92. The van der Waals surface area contributed by atoms with Crippen LogP contribution >= 0.6 is 0 Å². The lowest BCUT2D eigenvalue weighted by molar-refractivity contribution is -0.139. The van der Waals surface area contributed by atoms with Gasteiger partial charge in [-0.3, -0.25) is 14.5 Å². The number of amides is 1. The summed E-state index contributed by atoms with van der Waals surface area (Å²) in [5, 5.41) is 12.2. The minimum absolute atomic E-state index is 0.216. The van der Waals surface area contributed by atoms with Crippen LogP contribution in [0, 0.1) is 6.92 Å². The molecule has 1 unspecified atom stereocenters. The van der Waals surface area contributed by atoms with Gasteiger partial charge in [0.2, 0.25) is 5.91 Å². The summed E-state index contributed by atoms with van der Waals surface area (Å²) >= 11 is 0. The molecule has 0 aliphatic rings. The van der Waals surface area contributed by atoms with Gasteiger partial charge in [0.15, 0.2) is 0 Å². The molecule has 0 bridgehead atoms. The Balaban J connectivity index is 2.39. The Morgan fingerprint density at radius 3 is 2.48 bits per heavy atom. The first-order valence-corrected chi connectivity index (χ1v) is 8.92. The molecule has 0 aliphatic carbocycles. The summed E-state index contributed by atoms with van der Waals surface area (Å²) in [4.78, 5) is 26.2. The predicted molar refractivity (Wildman–Crippen MR) is 105 cm³/mol. The van der Waals surface area contributed by atoms with Crippen LogP contribution in [0.15, 0.2) is 48.5 Å². The number of nitrogens with one attached hydrogen (secondary N) is 1. The van der Waals surface area contributed by atoms with Gasteiger partial charge in [-0.15, -0.1) is 0 Å². The fourth-order valence-corrected chi connectivity index (χ4v) is 3.04. The van der Waals surface area contributed by atoms with Crippen LogP contribution in [-0.4, -0.2) is 42.1 Å². The van der Waals surface area contributed by atoms with Crippen LogP contribution in [0.25, 0.3) is 0 Å². The molecular formula is C21H26N2O4. The van der Waals surface area contributed by atoms with Gasteiger partial charge in [-0.2, -0.15) is 0 Å². The van der Waals surface area contributed by atoms with E-state index in [0.717, 1.165) is 17.5 Å². The van der Waals surface area contributed by atoms with E-state index >= 15 is 0 Å². The third-order valence-corrected chi connectivity index (χ3v) is 4.19. The number of carboxylic acids is 1. The molecule has 1 amide bonds. The highest BCUT2D eigenvalue weighted by Gasteiger charge is 2.29. The topological polar surface area (TPSA) is 78.9 Å². The van der Waals surface area contributed by atoms with Crippen molar-refractivity contribution < 1.29 is 19.4 Å². The zero-order chi connectivity index (χ0) is 19.8. The summed E-state index contributed by atoms with van der Waals surface area (Å²) in [5.74, 6) is -0.703. The molecule has 2 rings (SSSR count). The average molecular weight is 370 g/mol. The zero-order valence-corrected chi connectivity index (χ0v) is 15.9. The summed E-state index contributed by atoms with van der Waals surface area (Å²) in [7, 11) is 1.54. The third-order valence-electron chi connectivity index (χ3n) is 4.19. The Bertz CT molecular complexity index is 777. The Morgan fingerprint density at radius 1 is 1.19 bits per heavy atom. The van der Waals surface area contributed by atoms with Crippen LogP contribution in [0.2, 0.25) is 0 Å². The van der Waals surface area contributed by atoms with E-state index in [9.17, 15) is 14.7 Å². The number of ether oxygens (including phenoxy) is 1. The van der Waals surface area contributed by atoms with Gasteiger partial charge in [0.25, 0.3) is 0 Å². The van der Waals surface area contributed by atoms with Crippen molar-refractivity contribution in [3.8, 4) is 5.75 Å². The highest BCUT2D eigenvalue weighted by molar-refractivity contribution is 5.97. The second-order valence-corrected chi connectivity index (χ2v) is 6.37. The van der Waals surface area contributed by atoms with E-state index < -0.39 is 12.0 Å². The second-order valence-electron chi connectivity index (χ2n) is 6.37. The number of methoxy groups -OCH3 is 1. The van der Waals surface area contributed by atoms with Gasteiger partial charge >= 0.3 is 5.97 Å². The van der Waals surface area contributed by atoms with Crippen molar-refractivity contribution in [1.82, 2.24) is 4.90 Å². The van der Waals surface area contributed by atoms with Crippen LogP contribution in [0.5, 0.6) is 5.75 Å². The van der Waals surface area contributed by atoms with Crippen LogP contribution in [0.1, 0.15) is 30.5 Å². The quantitative estimate of drug-likeness (QED) is 0.706. The number of hydrogen-bond donors (Lipinski definition) is 2. The van der Waals surface area contributed by atoms with Crippen molar-refractivity contribution >= 4 is 17.6 Å². The van der Waals surface area contributed by atoms with Crippen LogP contribution in [0.3, 0.4) is 0 Å². The van der Waals surface area contributed by atoms with Gasteiger partial charge in [0, 0.05) is 0 Å². The van der Waals surface area contributed by atoms with E-state index in [1.807, 2.05) is 56.3 Å². The fraction of sp³-hybridized carbons (Fsp3) is 0.333. The van der Waals surface area contributed by atoms with Crippen molar-refractivity contribution in [2.24, 2.45) is 0 Å². The molecule has 6 heteroatoms. The lowest BCUT2D eigenvalue weighted by atomic mass is 10.0. The van der Waals surface area contributed by atoms with Crippen molar-refractivity contribution in [3.05, 3.63) is 59.7 Å². The van der Waals surface area contributed by atoms with E-state index in [-0.39, 0.29) is 12.5 Å². The van der Waals surface area contributed by atoms with Gasteiger partial charge in [-0.05, 0) is 43.1 Å². The van der Waals surface area contributed by atoms with Gasteiger partial charge in [0.1, 0.15) is 11.8 Å². The van der Waals surface area contributed by atoms with Gasteiger partial charge in [-0.25, -0.2) is 0 Å². The molecule has 0 spiro atoms. The second kappa shape index (κ2) is 9.73. The number of carbonyl (C=O) groups excluding carboxylic acids is 1. The molecule has 6 nitrogen and oxygen atoms in total. The summed E-state index contributed by atoms with van der Waals surface area (Å²) < 4.78 is 5.34. The minimum atomic E-state index is -0.967. The molecule has 2 aromatic carbocycles. The first kappa shape index (κ1) is 20.5. The van der Waals surface area contributed by atoms with Gasteiger partial charge < -0.3 is 15.2 Å². The van der Waals surface area contributed by atoms with E-state index in [1.165, 1.54) is 0 Å². The lowest BCUT2D eigenvalue weighted by Crippen LogP contribution is -2.40. The molecule has 2 aromatic rings. The number of aryl methyl sites for hydroxylation is 1. The molecule has 0 heterocycles. The zero-order valence-electron chi connectivity index (χ0n) is 15.9. The Hall–Kier alpha value is -2.86. The first-order chi connectivity index (χ1) is 13.0. The van der Waals surface area contributed by atoms with Gasteiger partial charge in [0.05, 0.1) is 19.3 Å². The SMILES string of the molecule is CCCN(CC(=O)O)C(C(=O)Nc1cc(C)ccc1OC)c1ccccc1. The number of hydrogen-bond acceptors (Lipinski definition) is 4.